The lowest BCUT2D eigenvalue weighted by Gasteiger charge is -2.15. The first-order chi connectivity index (χ1) is 9.79. The van der Waals surface area contributed by atoms with E-state index < -0.39 is 0 Å². The molecule has 0 aliphatic rings. The minimum absolute atomic E-state index is 0.315. The predicted molar refractivity (Wildman–Crippen MR) is 82.8 cm³/mol. The molecular weight excluding hydrogens is 246 g/mol. The number of hydrogen-bond acceptors (Lipinski definition) is 2. The number of fused-ring (bicyclic) bond motifs is 1. The third-order valence-electron chi connectivity index (χ3n) is 3.84. The molecule has 0 saturated carbocycles. The van der Waals surface area contributed by atoms with Gasteiger partial charge >= 0.3 is 0 Å². The fourth-order valence-corrected chi connectivity index (χ4v) is 2.93. The second kappa shape index (κ2) is 5.47. The maximum atomic E-state index is 6.04. The molecule has 102 valence electrons. The van der Waals surface area contributed by atoms with Crippen molar-refractivity contribution in [2.45, 2.75) is 19.3 Å². The summed E-state index contributed by atoms with van der Waals surface area (Å²) in [5.74, 6) is 0.315. The quantitative estimate of drug-likeness (QED) is 0.761. The van der Waals surface area contributed by atoms with Crippen LogP contribution in [0, 0.1) is 6.92 Å². The number of benzene rings is 1. The highest BCUT2D eigenvalue weighted by molar-refractivity contribution is 5.85. The number of pyridine rings is 1. The summed E-state index contributed by atoms with van der Waals surface area (Å²) in [4.78, 5) is 7.65. The molecule has 3 heteroatoms. The molecule has 0 saturated heterocycles. The summed E-state index contributed by atoms with van der Waals surface area (Å²) >= 11 is 0. The van der Waals surface area contributed by atoms with Crippen molar-refractivity contribution in [3.8, 4) is 0 Å². The van der Waals surface area contributed by atoms with Crippen molar-refractivity contribution in [2.75, 3.05) is 6.54 Å². The van der Waals surface area contributed by atoms with Gasteiger partial charge in [0.25, 0.3) is 0 Å². The summed E-state index contributed by atoms with van der Waals surface area (Å²) in [6.45, 7) is 2.76. The predicted octanol–water partition coefficient (Wildman–Crippen LogP) is 3.16. The molecule has 0 bridgehead atoms. The van der Waals surface area contributed by atoms with E-state index in [1.807, 2.05) is 12.3 Å². The summed E-state index contributed by atoms with van der Waals surface area (Å²) in [5.41, 5.74) is 11.0. The van der Waals surface area contributed by atoms with E-state index in [4.69, 9.17) is 5.73 Å². The van der Waals surface area contributed by atoms with E-state index in [9.17, 15) is 0 Å². The molecule has 3 aromatic rings. The van der Waals surface area contributed by atoms with Crippen LogP contribution in [0.15, 0.2) is 48.8 Å². The average molecular weight is 265 g/mol. The monoisotopic (exact) mass is 265 g/mol. The van der Waals surface area contributed by atoms with Gasteiger partial charge in [-0.1, -0.05) is 24.3 Å². The zero-order valence-corrected chi connectivity index (χ0v) is 11.6. The lowest BCUT2D eigenvalue weighted by atomic mass is 9.90. The van der Waals surface area contributed by atoms with Crippen LogP contribution in [0.5, 0.6) is 0 Å². The molecular formula is C17H19N3. The van der Waals surface area contributed by atoms with E-state index in [1.54, 1.807) is 6.20 Å². The number of aromatic amines is 1. The zero-order valence-electron chi connectivity index (χ0n) is 11.6. The Bertz CT molecular complexity index is 701. The third-order valence-corrected chi connectivity index (χ3v) is 3.84. The smallest absolute Gasteiger partial charge is 0.0458 e. The Morgan fingerprint density at radius 2 is 2.05 bits per heavy atom. The Kier molecular flexibility index (Phi) is 3.52. The Labute approximate surface area is 118 Å². The topological polar surface area (TPSA) is 54.7 Å². The maximum Gasteiger partial charge on any atom is 0.0458 e. The van der Waals surface area contributed by atoms with Crippen LogP contribution in [0.2, 0.25) is 0 Å². The Hall–Kier alpha value is -2.13. The Morgan fingerprint density at radius 3 is 2.80 bits per heavy atom. The first-order valence-electron chi connectivity index (χ1n) is 6.95. The van der Waals surface area contributed by atoms with Crippen LogP contribution in [0.3, 0.4) is 0 Å². The van der Waals surface area contributed by atoms with Crippen LogP contribution in [0.4, 0.5) is 0 Å². The SMILES string of the molecule is Cc1[nH]c2ccccc2c1C(CN)Cc1cccnc1. The minimum Gasteiger partial charge on any atom is -0.358 e. The third kappa shape index (κ3) is 2.32. The normalized spacial score (nSPS) is 12.7. The van der Waals surface area contributed by atoms with Crippen molar-refractivity contribution in [3.63, 3.8) is 0 Å². The molecule has 3 N–H and O–H groups in total. The van der Waals surface area contributed by atoms with Crippen molar-refractivity contribution in [3.05, 3.63) is 65.6 Å². The van der Waals surface area contributed by atoms with Crippen molar-refractivity contribution < 1.29 is 0 Å². The lowest BCUT2D eigenvalue weighted by Crippen LogP contribution is -2.15. The van der Waals surface area contributed by atoms with E-state index in [2.05, 4.69) is 47.2 Å². The van der Waals surface area contributed by atoms with Crippen LogP contribution in [-0.4, -0.2) is 16.5 Å². The van der Waals surface area contributed by atoms with Crippen LogP contribution < -0.4 is 5.73 Å². The number of nitrogens with one attached hydrogen (secondary N) is 1. The highest BCUT2D eigenvalue weighted by Gasteiger charge is 2.18. The molecule has 0 fully saturated rings. The van der Waals surface area contributed by atoms with Crippen molar-refractivity contribution in [1.82, 2.24) is 9.97 Å². The summed E-state index contributed by atoms with van der Waals surface area (Å²) in [6, 6.07) is 12.5. The van der Waals surface area contributed by atoms with E-state index in [0.29, 0.717) is 12.5 Å². The van der Waals surface area contributed by atoms with Crippen LogP contribution in [0.1, 0.15) is 22.7 Å². The van der Waals surface area contributed by atoms with Gasteiger partial charge in [0.05, 0.1) is 0 Å². The first kappa shape index (κ1) is 12.9. The summed E-state index contributed by atoms with van der Waals surface area (Å²) in [7, 11) is 0. The van der Waals surface area contributed by atoms with Gasteiger partial charge in [0.2, 0.25) is 0 Å². The number of nitrogens with two attached hydrogens (primary N) is 1. The summed E-state index contributed by atoms with van der Waals surface area (Å²) < 4.78 is 0. The number of H-pyrrole nitrogens is 1. The highest BCUT2D eigenvalue weighted by atomic mass is 14.7. The number of para-hydroxylation sites is 1. The molecule has 0 radical (unpaired) electrons. The van der Waals surface area contributed by atoms with Gasteiger partial charge in [0, 0.05) is 34.9 Å². The number of aryl methyl sites for hydroxylation is 1. The second-order valence-corrected chi connectivity index (χ2v) is 5.21. The number of hydrogen-bond donors (Lipinski definition) is 2. The van der Waals surface area contributed by atoms with Crippen molar-refractivity contribution in [1.29, 1.82) is 0 Å². The van der Waals surface area contributed by atoms with E-state index >= 15 is 0 Å². The lowest BCUT2D eigenvalue weighted by molar-refractivity contribution is 0.693. The molecule has 3 nitrogen and oxygen atoms in total. The highest BCUT2D eigenvalue weighted by Crippen LogP contribution is 2.30. The summed E-state index contributed by atoms with van der Waals surface area (Å²) in [6.07, 6.45) is 4.65. The molecule has 3 rings (SSSR count). The van der Waals surface area contributed by atoms with Gasteiger partial charge in [-0.25, -0.2) is 0 Å². The van der Waals surface area contributed by atoms with Crippen LogP contribution in [0.25, 0.3) is 10.9 Å². The van der Waals surface area contributed by atoms with Gasteiger partial charge in [-0.2, -0.15) is 0 Å². The minimum atomic E-state index is 0.315. The molecule has 1 aromatic carbocycles. The van der Waals surface area contributed by atoms with E-state index in [-0.39, 0.29) is 0 Å². The fraction of sp³-hybridized carbons (Fsp3) is 0.235. The van der Waals surface area contributed by atoms with Crippen LogP contribution in [-0.2, 0) is 6.42 Å². The van der Waals surface area contributed by atoms with Gasteiger partial charge < -0.3 is 10.7 Å². The van der Waals surface area contributed by atoms with Gasteiger partial charge in [-0.3, -0.25) is 4.98 Å². The second-order valence-electron chi connectivity index (χ2n) is 5.21. The molecule has 0 spiro atoms. The molecule has 1 atom stereocenters. The van der Waals surface area contributed by atoms with Gasteiger partial charge in [0.15, 0.2) is 0 Å². The largest absolute Gasteiger partial charge is 0.358 e. The number of rotatable bonds is 4. The average Bonchev–Trinajstić information content (AvgIpc) is 2.82. The summed E-state index contributed by atoms with van der Waals surface area (Å²) in [5, 5.41) is 1.28. The number of nitrogens with zero attached hydrogens (tertiary/aromatic N) is 1. The zero-order chi connectivity index (χ0) is 13.9. The molecule has 0 aliphatic carbocycles. The number of aromatic nitrogens is 2. The molecule has 2 heterocycles. The molecule has 1 unspecified atom stereocenters. The Balaban J connectivity index is 2.01. The van der Waals surface area contributed by atoms with Gasteiger partial charge in [-0.15, -0.1) is 0 Å². The van der Waals surface area contributed by atoms with E-state index in [1.165, 1.54) is 27.7 Å². The first-order valence-corrected chi connectivity index (χ1v) is 6.95. The molecule has 2 aromatic heterocycles. The standard InChI is InChI=1S/C17H19N3/c1-12-17(15-6-2-3-7-16(15)20-12)14(10-18)9-13-5-4-8-19-11-13/h2-8,11,14,20H,9-10,18H2,1H3. The van der Waals surface area contributed by atoms with Crippen molar-refractivity contribution in [2.24, 2.45) is 5.73 Å². The van der Waals surface area contributed by atoms with E-state index in [0.717, 1.165) is 6.42 Å². The van der Waals surface area contributed by atoms with Crippen molar-refractivity contribution >= 4 is 10.9 Å². The fourth-order valence-electron chi connectivity index (χ4n) is 2.93. The van der Waals surface area contributed by atoms with Gasteiger partial charge in [-0.05, 0) is 43.1 Å². The maximum absolute atomic E-state index is 6.04. The Morgan fingerprint density at radius 1 is 1.20 bits per heavy atom. The molecule has 0 amide bonds. The van der Waals surface area contributed by atoms with Gasteiger partial charge in [0.1, 0.15) is 0 Å². The van der Waals surface area contributed by atoms with Crippen LogP contribution >= 0.6 is 0 Å². The molecule has 20 heavy (non-hydrogen) atoms. The molecule has 0 aliphatic heterocycles.